The lowest BCUT2D eigenvalue weighted by Gasteiger charge is -2.43. The van der Waals surface area contributed by atoms with Crippen LogP contribution < -0.4 is 11.5 Å². The first-order chi connectivity index (χ1) is 9.50. The van der Waals surface area contributed by atoms with Gasteiger partial charge in [0.25, 0.3) is 0 Å². The molecule has 2 fully saturated rings. The van der Waals surface area contributed by atoms with E-state index in [0.717, 1.165) is 25.7 Å². The number of rotatable bonds is 3. The molecule has 1 unspecified atom stereocenters. The Morgan fingerprint density at radius 2 is 2.00 bits per heavy atom. The summed E-state index contributed by atoms with van der Waals surface area (Å²) in [4.78, 5) is 26.0. The van der Waals surface area contributed by atoms with Gasteiger partial charge in [0.1, 0.15) is 6.04 Å². The van der Waals surface area contributed by atoms with E-state index < -0.39 is 17.4 Å². The van der Waals surface area contributed by atoms with Crippen molar-refractivity contribution in [2.24, 2.45) is 22.8 Å². The third kappa shape index (κ3) is 2.81. The predicted octanol–water partition coefficient (Wildman–Crippen LogP) is -0.146. The summed E-state index contributed by atoms with van der Waals surface area (Å²) in [6, 6.07) is -0.654. The molecule has 0 aromatic heterocycles. The normalized spacial score (nSPS) is 34.8. The highest BCUT2D eigenvalue weighted by Crippen LogP contribution is 2.40. The summed E-state index contributed by atoms with van der Waals surface area (Å²) in [5.41, 5.74) is 10.8. The zero-order valence-electron chi connectivity index (χ0n) is 12.1. The lowest BCUT2D eigenvalue weighted by atomic mass is 9.69. The molecule has 0 aromatic rings. The molecular weight excluding hydrogens is 258 g/mol. The number of ether oxygens (including phenoxy) is 1. The first kappa shape index (κ1) is 15.3. The van der Waals surface area contributed by atoms with E-state index in [0.29, 0.717) is 25.6 Å². The first-order valence-corrected chi connectivity index (χ1v) is 7.38. The van der Waals surface area contributed by atoms with Gasteiger partial charge in [-0.3, -0.25) is 9.59 Å². The minimum absolute atomic E-state index is 0.0148. The van der Waals surface area contributed by atoms with Crippen molar-refractivity contribution in [3.63, 3.8) is 0 Å². The van der Waals surface area contributed by atoms with E-state index in [9.17, 15) is 9.59 Å². The van der Waals surface area contributed by atoms with E-state index in [-0.39, 0.29) is 12.5 Å². The van der Waals surface area contributed by atoms with Gasteiger partial charge in [-0.25, -0.2) is 0 Å². The van der Waals surface area contributed by atoms with Crippen LogP contribution >= 0.6 is 0 Å². The fourth-order valence-electron chi connectivity index (χ4n) is 3.21. The van der Waals surface area contributed by atoms with Gasteiger partial charge >= 0.3 is 0 Å². The van der Waals surface area contributed by atoms with Crippen LogP contribution in [0.1, 0.15) is 32.6 Å². The third-order valence-electron chi connectivity index (χ3n) is 4.79. The number of nitrogens with two attached hydrogens (primary N) is 2. The van der Waals surface area contributed by atoms with E-state index in [4.69, 9.17) is 16.2 Å². The molecule has 20 heavy (non-hydrogen) atoms. The summed E-state index contributed by atoms with van der Waals surface area (Å²) in [7, 11) is 0. The van der Waals surface area contributed by atoms with E-state index in [2.05, 4.69) is 6.92 Å². The summed E-state index contributed by atoms with van der Waals surface area (Å²) < 4.78 is 5.27. The molecule has 1 saturated carbocycles. The lowest BCUT2D eigenvalue weighted by molar-refractivity contribution is -0.157. The summed E-state index contributed by atoms with van der Waals surface area (Å²) in [6.45, 7) is 3.60. The maximum Gasteiger partial charge on any atom is 0.242 e. The van der Waals surface area contributed by atoms with E-state index in [1.54, 1.807) is 4.90 Å². The Morgan fingerprint density at radius 1 is 1.35 bits per heavy atom. The molecular formula is C14H25N3O3. The molecule has 1 aliphatic heterocycles. The minimum atomic E-state index is -0.654. The zero-order valence-corrected chi connectivity index (χ0v) is 12.1. The van der Waals surface area contributed by atoms with Crippen LogP contribution in [0.2, 0.25) is 0 Å². The third-order valence-corrected chi connectivity index (χ3v) is 4.79. The van der Waals surface area contributed by atoms with Crippen molar-refractivity contribution in [1.29, 1.82) is 0 Å². The molecule has 1 heterocycles. The molecule has 2 amide bonds. The molecule has 0 bridgehead atoms. The number of nitrogens with zero attached hydrogens (tertiary/aromatic N) is 1. The second kappa shape index (κ2) is 6.10. The van der Waals surface area contributed by atoms with E-state index >= 15 is 0 Å². The van der Waals surface area contributed by atoms with Gasteiger partial charge in [0.15, 0.2) is 0 Å². The molecule has 2 aliphatic rings. The maximum absolute atomic E-state index is 12.9. The number of carbonyl (C=O) groups excluding carboxylic acids is 2. The standard InChI is InChI=1S/C14H25N3O3/c1-10-2-4-14(9-15,5-3-10)13(19)17-6-7-20-8-11(17)12(16)18/h10-11H,2-9,15H2,1H3,(H2,16,18). The Kier molecular flexibility index (Phi) is 4.65. The zero-order chi connectivity index (χ0) is 14.8. The van der Waals surface area contributed by atoms with Crippen molar-refractivity contribution in [2.45, 2.75) is 38.6 Å². The lowest BCUT2D eigenvalue weighted by Crippen LogP contribution is -2.60. The van der Waals surface area contributed by atoms with Crippen molar-refractivity contribution in [3.05, 3.63) is 0 Å². The molecule has 2 rings (SSSR count). The van der Waals surface area contributed by atoms with Crippen LogP contribution in [0.5, 0.6) is 0 Å². The van der Waals surface area contributed by atoms with Crippen LogP contribution in [-0.2, 0) is 14.3 Å². The molecule has 1 aliphatic carbocycles. The number of morpholine rings is 1. The van der Waals surface area contributed by atoms with Gasteiger partial charge < -0.3 is 21.1 Å². The molecule has 6 heteroatoms. The molecule has 1 atom stereocenters. The van der Waals surface area contributed by atoms with Gasteiger partial charge in [0.05, 0.1) is 18.6 Å². The Bertz CT molecular complexity index is 378. The van der Waals surface area contributed by atoms with Crippen molar-refractivity contribution in [3.8, 4) is 0 Å². The highest BCUT2D eigenvalue weighted by Gasteiger charge is 2.45. The topological polar surface area (TPSA) is 98.7 Å². The average molecular weight is 283 g/mol. The number of primary amides is 1. The second-order valence-electron chi connectivity index (χ2n) is 6.16. The minimum Gasteiger partial charge on any atom is -0.377 e. The van der Waals surface area contributed by atoms with Gasteiger partial charge in [-0.15, -0.1) is 0 Å². The maximum atomic E-state index is 12.9. The predicted molar refractivity (Wildman–Crippen MR) is 74.6 cm³/mol. The van der Waals surface area contributed by atoms with Crippen molar-refractivity contribution in [2.75, 3.05) is 26.3 Å². The molecule has 6 nitrogen and oxygen atoms in total. The quantitative estimate of drug-likeness (QED) is 0.752. The van der Waals surface area contributed by atoms with Crippen LogP contribution in [0, 0.1) is 11.3 Å². The molecule has 4 N–H and O–H groups in total. The number of carbonyl (C=O) groups is 2. The number of hydrogen-bond donors (Lipinski definition) is 2. The van der Waals surface area contributed by atoms with Crippen LogP contribution in [0.25, 0.3) is 0 Å². The van der Waals surface area contributed by atoms with E-state index in [1.165, 1.54) is 0 Å². The monoisotopic (exact) mass is 283 g/mol. The van der Waals surface area contributed by atoms with Gasteiger partial charge in [-0.05, 0) is 31.6 Å². The Morgan fingerprint density at radius 3 is 2.55 bits per heavy atom. The molecule has 0 spiro atoms. The summed E-state index contributed by atoms with van der Waals surface area (Å²) >= 11 is 0. The summed E-state index contributed by atoms with van der Waals surface area (Å²) in [5, 5.41) is 0. The van der Waals surface area contributed by atoms with Crippen LogP contribution in [0.15, 0.2) is 0 Å². The fourth-order valence-corrected chi connectivity index (χ4v) is 3.21. The van der Waals surface area contributed by atoms with E-state index in [1.807, 2.05) is 0 Å². The van der Waals surface area contributed by atoms with Gasteiger partial charge in [-0.1, -0.05) is 6.92 Å². The van der Waals surface area contributed by atoms with Crippen molar-refractivity contribution < 1.29 is 14.3 Å². The molecule has 0 radical (unpaired) electrons. The summed E-state index contributed by atoms with van der Waals surface area (Å²) in [5.74, 6) is 0.118. The molecule has 1 saturated heterocycles. The smallest absolute Gasteiger partial charge is 0.242 e. The average Bonchev–Trinajstić information content (AvgIpc) is 2.47. The van der Waals surface area contributed by atoms with Gasteiger partial charge in [0.2, 0.25) is 11.8 Å². The van der Waals surface area contributed by atoms with Crippen molar-refractivity contribution in [1.82, 2.24) is 4.90 Å². The van der Waals surface area contributed by atoms with Crippen molar-refractivity contribution >= 4 is 11.8 Å². The largest absolute Gasteiger partial charge is 0.377 e. The highest BCUT2D eigenvalue weighted by molar-refractivity contribution is 5.90. The highest BCUT2D eigenvalue weighted by atomic mass is 16.5. The summed E-state index contributed by atoms with van der Waals surface area (Å²) in [6.07, 6.45) is 3.61. The molecule has 114 valence electrons. The first-order valence-electron chi connectivity index (χ1n) is 7.38. The van der Waals surface area contributed by atoms with Crippen LogP contribution in [0.4, 0.5) is 0 Å². The van der Waals surface area contributed by atoms with Gasteiger partial charge in [0, 0.05) is 13.1 Å². The SMILES string of the molecule is CC1CCC(CN)(C(=O)N2CCOCC2C(N)=O)CC1. The Balaban J connectivity index is 2.16. The molecule has 0 aromatic carbocycles. The number of hydrogen-bond acceptors (Lipinski definition) is 4. The Hall–Kier alpha value is -1.14. The van der Waals surface area contributed by atoms with Crippen LogP contribution in [0.3, 0.4) is 0 Å². The Labute approximate surface area is 119 Å². The number of amides is 2. The van der Waals surface area contributed by atoms with Gasteiger partial charge in [-0.2, -0.15) is 0 Å². The second-order valence-corrected chi connectivity index (χ2v) is 6.16. The van der Waals surface area contributed by atoms with Crippen LogP contribution in [-0.4, -0.2) is 49.1 Å². The fraction of sp³-hybridized carbons (Fsp3) is 0.857.